The van der Waals surface area contributed by atoms with Gasteiger partial charge in [-0.1, -0.05) is 11.6 Å². The Kier molecular flexibility index (Phi) is 23.7. The molecule has 12 aromatic rings. The number of carbonyl (C=O) groups is 2. The van der Waals surface area contributed by atoms with Crippen molar-refractivity contribution in [1.82, 2.24) is 93.2 Å². The monoisotopic (exact) mass is 1470 g/mol. The molecule has 2 amide bonds. The van der Waals surface area contributed by atoms with Gasteiger partial charge in [-0.25, -0.2) is 34.9 Å². The van der Waals surface area contributed by atoms with Crippen LogP contribution in [0.15, 0.2) is 92.6 Å². The number of hydrogen-bond acceptors (Lipinski definition) is 28. The van der Waals surface area contributed by atoms with E-state index in [-0.39, 0.29) is 28.4 Å². The minimum absolute atomic E-state index is 0.0463. The molecule has 3 aromatic carbocycles. The standard InChI is InChI=1S/C23H27N9O4.C18H18ClN7O3.C12H15N3O3.C6H4Cl2N4.C5H10N2O/c1-30-19-14(10-26-30)27-23(32-7-5-6-15(32)21(24)33)29-22(19)28-18-11-31(12-25-18)13-8-16(34-2)20(36-4)17(9-13)35-3;1-25-15-11(7-21-25)22-18(19)24-17(15)23-14-8-26(9-20-14)10-5-12(27-2)16(29-4)13(6-10)28-3;1-16-9-4-8(15-6-11(13)14-7-15)5-10(17-2)12(9)18-3;1-12-4-3(2-9-12)10-6(8)11-5(4)7;6-5(8)4-2-1-3-7-4/h8-12,15H,5-7H2,1-4H3,(H2,24,33)(H,27,28,29);5-9H,1-4H3,(H,22,23,24);4-7H,13H2,1-3H3;2H,1H3;4,7H,1-3H2,(H2,6,8)/t15-;;;;4-/m0...0/s1. The average Bonchev–Trinajstić information content (AvgIpc) is 1.26. The number of anilines is 6. The smallest absolute Gasteiger partial charge is 0.240 e. The number of halogens is 3. The first kappa shape index (κ1) is 73.8. The van der Waals surface area contributed by atoms with Crippen LogP contribution in [0.25, 0.3) is 50.2 Å². The Morgan fingerprint density at radius 1 is 0.495 bits per heavy atom. The third-order valence-electron chi connectivity index (χ3n) is 16.0. The molecule has 0 aliphatic carbocycles. The Morgan fingerprint density at radius 2 is 0.903 bits per heavy atom. The third kappa shape index (κ3) is 16.6. The molecule has 9 N–H and O–H groups in total. The first-order chi connectivity index (χ1) is 49.6. The van der Waals surface area contributed by atoms with E-state index in [4.69, 9.17) is 99.6 Å². The number of aryl methyl sites for hydroxylation is 3. The highest BCUT2D eigenvalue weighted by Crippen LogP contribution is 2.42. The Hall–Kier alpha value is -11.9. The van der Waals surface area contributed by atoms with E-state index in [1.807, 2.05) is 63.7 Å². The topological polar surface area (TPSA) is 419 Å². The van der Waals surface area contributed by atoms with Crippen LogP contribution in [0.4, 0.5) is 35.0 Å². The molecule has 0 radical (unpaired) electrons. The molecule has 0 saturated carbocycles. The predicted molar refractivity (Wildman–Crippen MR) is 384 cm³/mol. The molecule has 2 aliphatic rings. The summed E-state index contributed by atoms with van der Waals surface area (Å²) in [6, 6.07) is 10.5. The summed E-state index contributed by atoms with van der Waals surface area (Å²) >= 11 is 17.4. The van der Waals surface area contributed by atoms with Gasteiger partial charge in [-0.15, -0.1) is 0 Å². The van der Waals surface area contributed by atoms with Crippen molar-refractivity contribution >= 4 is 115 Å². The number of aromatic nitrogens is 18. The van der Waals surface area contributed by atoms with Gasteiger partial charge < -0.3 is 94.4 Å². The summed E-state index contributed by atoms with van der Waals surface area (Å²) in [7, 11) is 19.5. The van der Waals surface area contributed by atoms with Gasteiger partial charge in [0.2, 0.25) is 45.6 Å². The number of nitrogens with zero attached hydrogens (tertiary/aromatic N) is 19. The third-order valence-corrected chi connectivity index (χ3v) is 16.6. The highest BCUT2D eigenvalue weighted by atomic mass is 35.5. The number of rotatable bonds is 19. The minimum atomic E-state index is -0.439. The maximum absolute atomic E-state index is 12.0. The van der Waals surface area contributed by atoms with E-state index in [1.54, 1.807) is 147 Å². The fraction of sp³-hybridized carbons (Fsp3) is 0.312. The lowest BCUT2D eigenvalue weighted by atomic mass is 10.2. The highest BCUT2D eigenvalue weighted by Gasteiger charge is 2.32. The second-order valence-electron chi connectivity index (χ2n) is 22.2. The first-order valence-corrected chi connectivity index (χ1v) is 32.3. The summed E-state index contributed by atoms with van der Waals surface area (Å²) in [5.41, 5.74) is 22.6. The van der Waals surface area contributed by atoms with E-state index in [0.717, 1.165) is 48.4 Å². The molecule has 103 heavy (non-hydrogen) atoms. The van der Waals surface area contributed by atoms with Crippen molar-refractivity contribution in [2.45, 2.75) is 37.8 Å². The molecule has 2 atom stereocenters. The molecule has 14 rings (SSSR count). The molecule has 0 spiro atoms. The van der Waals surface area contributed by atoms with E-state index < -0.39 is 6.04 Å². The van der Waals surface area contributed by atoms with Gasteiger partial charge in [0, 0.05) is 64.1 Å². The van der Waals surface area contributed by atoms with Gasteiger partial charge in [0.05, 0.1) is 124 Å². The van der Waals surface area contributed by atoms with E-state index in [1.165, 1.54) is 0 Å². The van der Waals surface area contributed by atoms with Crippen LogP contribution in [-0.2, 0) is 30.7 Å². The number of carbonyl (C=O) groups excluding carboxylic acids is 2. The molecule has 39 heteroatoms. The van der Waals surface area contributed by atoms with Crippen molar-refractivity contribution in [1.29, 1.82) is 0 Å². The summed E-state index contributed by atoms with van der Waals surface area (Å²) in [4.78, 5) is 62.6. The van der Waals surface area contributed by atoms with Crippen molar-refractivity contribution in [3.8, 4) is 68.8 Å². The minimum Gasteiger partial charge on any atom is -0.493 e. The highest BCUT2D eigenvalue weighted by molar-refractivity contribution is 6.35. The van der Waals surface area contributed by atoms with Crippen LogP contribution in [-0.4, -0.2) is 189 Å². The first-order valence-electron chi connectivity index (χ1n) is 31.1. The lowest BCUT2D eigenvalue weighted by molar-refractivity contribution is -0.120. The number of nitrogens with two attached hydrogens (primary N) is 3. The summed E-state index contributed by atoms with van der Waals surface area (Å²) < 4.78 is 58.7. The summed E-state index contributed by atoms with van der Waals surface area (Å²) in [5.74, 6) is 7.29. The molecule has 0 bridgehead atoms. The number of nitrogen functional groups attached to an aromatic ring is 1. The largest absolute Gasteiger partial charge is 0.493 e. The van der Waals surface area contributed by atoms with Crippen LogP contribution in [0.3, 0.4) is 0 Å². The number of fused-ring (bicyclic) bond motifs is 3. The second kappa shape index (κ2) is 33.1. The average molecular weight is 1480 g/mol. The molecule has 2 saturated heterocycles. The van der Waals surface area contributed by atoms with Gasteiger partial charge in [0.15, 0.2) is 51.3 Å². The molecule has 9 aromatic heterocycles. The molecule has 2 aliphatic heterocycles. The molecule has 11 heterocycles. The molecule has 2 fully saturated rings. The number of methoxy groups -OCH3 is 9. The fourth-order valence-electron chi connectivity index (χ4n) is 11.1. The van der Waals surface area contributed by atoms with E-state index >= 15 is 0 Å². The Morgan fingerprint density at radius 3 is 1.29 bits per heavy atom. The fourth-order valence-corrected chi connectivity index (χ4v) is 11.8. The summed E-state index contributed by atoms with van der Waals surface area (Å²) in [6.07, 6.45) is 18.6. The molecule has 36 nitrogen and oxygen atoms in total. The van der Waals surface area contributed by atoms with Crippen LogP contribution < -0.4 is 80.7 Å². The number of benzene rings is 3. The van der Waals surface area contributed by atoms with Crippen molar-refractivity contribution in [3.05, 3.63) is 108 Å². The number of primary amides is 2. The van der Waals surface area contributed by atoms with Crippen LogP contribution in [0.1, 0.15) is 25.7 Å². The summed E-state index contributed by atoms with van der Waals surface area (Å²) in [6.45, 7) is 1.59. The molecular formula is C64H74Cl3N25O11. The van der Waals surface area contributed by atoms with Crippen molar-refractivity contribution in [3.63, 3.8) is 0 Å². The van der Waals surface area contributed by atoms with Gasteiger partial charge >= 0.3 is 0 Å². The Balaban J connectivity index is 0.000000151. The SMILES string of the molecule is COc1cc(-n2cnc(N)c2)cc(OC)c1OC.COc1cc(-n2cnc(Nc3nc(Cl)nc4cnn(C)c34)c2)cc(OC)c1OC.COc1cc(-n2cnc(Nc3nc(N4CCC[C@H]4C(N)=O)nc4cnn(C)c34)c2)cc(OC)c1OC.Cn1ncc2nc(Cl)nc(Cl)c21.NC(=O)[C@@H]1CCCN1. The van der Waals surface area contributed by atoms with Crippen molar-refractivity contribution < 1.29 is 52.2 Å². The number of hydrogen-bond donors (Lipinski definition) is 6. The number of amides is 2. The van der Waals surface area contributed by atoms with Crippen molar-refractivity contribution in [2.75, 3.05) is 98.3 Å². The van der Waals surface area contributed by atoms with Crippen molar-refractivity contribution in [2.24, 2.45) is 32.6 Å². The van der Waals surface area contributed by atoms with Gasteiger partial charge in [-0.05, 0) is 55.4 Å². The van der Waals surface area contributed by atoms with Crippen LogP contribution in [0, 0.1) is 0 Å². The Labute approximate surface area is 603 Å². The number of ether oxygens (including phenoxy) is 9. The number of imidazole rings is 3. The van der Waals surface area contributed by atoms with Gasteiger partial charge in [0.25, 0.3) is 0 Å². The number of nitrogens with one attached hydrogen (secondary N) is 3. The summed E-state index contributed by atoms with van der Waals surface area (Å²) in [5, 5.41) is 22.5. The lowest BCUT2D eigenvalue weighted by Gasteiger charge is -2.22. The van der Waals surface area contributed by atoms with E-state index in [2.05, 4.69) is 71.1 Å². The second-order valence-corrected chi connectivity index (χ2v) is 23.3. The zero-order valence-corrected chi connectivity index (χ0v) is 60.2. The van der Waals surface area contributed by atoms with Crippen LogP contribution in [0.5, 0.6) is 51.7 Å². The molecule has 0 unspecified atom stereocenters. The Bertz CT molecular complexity index is 4900. The molecule has 542 valence electrons. The quantitative estimate of drug-likeness (QED) is 0.0346. The maximum Gasteiger partial charge on any atom is 0.240 e. The van der Waals surface area contributed by atoms with E-state index in [9.17, 15) is 9.59 Å². The van der Waals surface area contributed by atoms with Crippen LogP contribution >= 0.6 is 34.8 Å². The maximum atomic E-state index is 12.0. The van der Waals surface area contributed by atoms with Gasteiger partial charge in [-0.2, -0.15) is 25.3 Å². The normalized spacial score (nSPS) is 13.7. The van der Waals surface area contributed by atoms with E-state index in [0.29, 0.717) is 132 Å². The molecular weight excluding hydrogens is 1400 g/mol. The van der Waals surface area contributed by atoms with Gasteiger partial charge in [0.1, 0.15) is 75.6 Å². The van der Waals surface area contributed by atoms with Gasteiger partial charge in [-0.3, -0.25) is 23.6 Å². The lowest BCUT2D eigenvalue weighted by Crippen LogP contribution is -2.41. The zero-order valence-electron chi connectivity index (χ0n) is 57.9. The predicted octanol–water partition coefficient (Wildman–Crippen LogP) is 7.12. The van der Waals surface area contributed by atoms with Crippen LogP contribution in [0.2, 0.25) is 15.7 Å². The zero-order chi connectivity index (χ0) is 73.8.